The van der Waals surface area contributed by atoms with Crippen LogP contribution in [-0.4, -0.2) is 25.3 Å². The summed E-state index contributed by atoms with van der Waals surface area (Å²) < 4.78 is 10.7. The number of para-hydroxylation sites is 1. The van der Waals surface area contributed by atoms with Gasteiger partial charge in [-0.3, -0.25) is 0 Å². The zero-order chi connectivity index (χ0) is 13.0. The van der Waals surface area contributed by atoms with Crippen LogP contribution in [0.3, 0.4) is 0 Å². The van der Waals surface area contributed by atoms with Crippen molar-refractivity contribution in [3.8, 4) is 5.75 Å². The minimum atomic E-state index is -0.358. The number of ether oxygens (including phenoxy) is 2. The molecule has 18 heavy (non-hydrogen) atoms. The van der Waals surface area contributed by atoms with Gasteiger partial charge in [-0.05, 0) is 31.9 Å². The second-order valence-corrected chi connectivity index (χ2v) is 4.82. The van der Waals surface area contributed by atoms with Crippen molar-refractivity contribution >= 4 is 6.09 Å². The molecule has 1 aromatic carbocycles. The number of amides is 1. The highest BCUT2D eigenvalue weighted by molar-refractivity contribution is 5.67. The van der Waals surface area contributed by atoms with Crippen molar-refractivity contribution in [1.29, 1.82) is 0 Å². The average Bonchev–Trinajstić information content (AvgIpc) is 2.35. The quantitative estimate of drug-likeness (QED) is 0.894. The number of hydrogen-bond donors (Lipinski definition) is 1. The molecule has 0 saturated heterocycles. The van der Waals surface area contributed by atoms with Crippen molar-refractivity contribution in [1.82, 2.24) is 5.32 Å². The maximum absolute atomic E-state index is 11.4. The molecule has 4 heteroatoms. The molecule has 1 atom stereocenters. The maximum Gasteiger partial charge on any atom is 0.407 e. The molecule has 0 unspecified atom stereocenters. The first-order valence-electron chi connectivity index (χ1n) is 6.30. The van der Waals surface area contributed by atoms with Crippen LogP contribution in [0.1, 0.15) is 19.4 Å². The number of alkyl carbamates (subject to hydrolysis) is 1. The number of benzene rings is 1. The molecule has 0 aromatic heterocycles. The summed E-state index contributed by atoms with van der Waals surface area (Å²) in [5.41, 5.74) is 1.20. The fourth-order valence-electron chi connectivity index (χ4n) is 2.01. The van der Waals surface area contributed by atoms with Crippen molar-refractivity contribution in [2.24, 2.45) is 5.92 Å². The van der Waals surface area contributed by atoms with E-state index in [9.17, 15) is 4.79 Å². The van der Waals surface area contributed by atoms with E-state index in [1.807, 2.05) is 32.0 Å². The molecular weight excluding hydrogens is 230 g/mol. The number of rotatable bonds is 3. The van der Waals surface area contributed by atoms with Gasteiger partial charge in [-0.15, -0.1) is 0 Å². The van der Waals surface area contributed by atoms with E-state index in [1.54, 1.807) is 0 Å². The molecule has 1 amide bonds. The largest absolute Gasteiger partial charge is 0.493 e. The van der Waals surface area contributed by atoms with Gasteiger partial charge < -0.3 is 14.8 Å². The van der Waals surface area contributed by atoms with Crippen molar-refractivity contribution in [3.63, 3.8) is 0 Å². The van der Waals surface area contributed by atoms with E-state index in [2.05, 4.69) is 11.4 Å². The van der Waals surface area contributed by atoms with Crippen LogP contribution in [0, 0.1) is 5.92 Å². The Hall–Kier alpha value is -1.71. The van der Waals surface area contributed by atoms with E-state index in [0.717, 1.165) is 12.2 Å². The SMILES string of the molecule is CC(C)OC(=O)NC[C@@H]1COc2ccccc2C1. The number of carbonyl (C=O) groups excluding carboxylic acids is 1. The van der Waals surface area contributed by atoms with Crippen molar-refractivity contribution in [2.75, 3.05) is 13.2 Å². The molecule has 1 aliphatic heterocycles. The molecule has 1 N–H and O–H groups in total. The highest BCUT2D eigenvalue weighted by Gasteiger charge is 2.20. The van der Waals surface area contributed by atoms with E-state index in [-0.39, 0.29) is 12.2 Å². The molecule has 1 aromatic rings. The molecule has 1 aliphatic rings. The van der Waals surface area contributed by atoms with E-state index in [4.69, 9.17) is 9.47 Å². The summed E-state index contributed by atoms with van der Waals surface area (Å²) >= 11 is 0. The lowest BCUT2D eigenvalue weighted by Gasteiger charge is -2.25. The summed E-state index contributed by atoms with van der Waals surface area (Å²) in [6.45, 7) is 4.89. The van der Waals surface area contributed by atoms with Gasteiger partial charge in [0.1, 0.15) is 5.75 Å². The standard InChI is InChI=1S/C14H19NO3/c1-10(2)18-14(16)15-8-11-7-12-5-3-4-6-13(12)17-9-11/h3-6,10-11H,7-9H2,1-2H3,(H,15,16)/t11-/m1/s1. The van der Waals surface area contributed by atoms with Gasteiger partial charge in [0.25, 0.3) is 0 Å². The Bertz CT molecular complexity index is 417. The second-order valence-electron chi connectivity index (χ2n) is 4.82. The smallest absolute Gasteiger partial charge is 0.407 e. The Morgan fingerprint density at radius 1 is 1.50 bits per heavy atom. The van der Waals surface area contributed by atoms with Gasteiger partial charge >= 0.3 is 6.09 Å². The van der Waals surface area contributed by atoms with Gasteiger partial charge in [0, 0.05) is 12.5 Å². The molecule has 98 valence electrons. The summed E-state index contributed by atoms with van der Waals surface area (Å²) in [4.78, 5) is 11.4. The predicted octanol–water partition coefficient (Wildman–Crippen LogP) is 2.37. The normalized spacial score (nSPS) is 17.8. The van der Waals surface area contributed by atoms with Crippen LogP contribution in [-0.2, 0) is 11.2 Å². The van der Waals surface area contributed by atoms with Crippen LogP contribution < -0.4 is 10.1 Å². The lowest BCUT2D eigenvalue weighted by Crippen LogP contribution is -2.35. The van der Waals surface area contributed by atoms with Crippen molar-refractivity contribution in [2.45, 2.75) is 26.4 Å². The first-order valence-corrected chi connectivity index (χ1v) is 6.30. The Kier molecular flexibility index (Phi) is 4.07. The molecule has 0 radical (unpaired) electrons. The Morgan fingerprint density at radius 3 is 3.06 bits per heavy atom. The van der Waals surface area contributed by atoms with Crippen LogP contribution in [0.4, 0.5) is 4.79 Å². The van der Waals surface area contributed by atoms with Gasteiger partial charge in [0.2, 0.25) is 0 Å². The fraction of sp³-hybridized carbons (Fsp3) is 0.500. The van der Waals surface area contributed by atoms with Crippen molar-refractivity contribution in [3.05, 3.63) is 29.8 Å². The minimum absolute atomic E-state index is 0.0895. The molecular formula is C14H19NO3. The van der Waals surface area contributed by atoms with Crippen LogP contribution in [0.5, 0.6) is 5.75 Å². The first-order chi connectivity index (χ1) is 8.65. The number of hydrogen-bond acceptors (Lipinski definition) is 3. The summed E-state index contributed by atoms with van der Waals surface area (Å²) in [5.74, 6) is 1.26. The minimum Gasteiger partial charge on any atom is -0.493 e. The molecule has 0 saturated carbocycles. The summed E-state index contributed by atoms with van der Waals surface area (Å²) in [7, 11) is 0. The number of fused-ring (bicyclic) bond motifs is 1. The Morgan fingerprint density at radius 2 is 2.28 bits per heavy atom. The Labute approximate surface area is 107 Å². The third-order valence-corrected chi connectivity index (χ3v) is 2.83. The van der Waals surface area contributed by atoms with E-state index in [1.165, 1.54) is 5.56 Å². The van der Waals surface area contributed by atoms with Gasteiger partial charge in [0.15, 0.2) is 0 Å². The lowest BCUT2D eigenvalue weighted by molar-refractivity contribution is 0.112. The molecule has 0 fully saturated rings. The van der Waals surface area contributed by atoms with Gasteiger partial charge in [-0.2, -0.15) is 0 Å². The topological polar surface area (TPSA) is 47.6 Å². The fourth-order valence-corrected chi connectivity index (χ4v) is 2.01. The van der Waals surface area contributed by atoms with Crippen LogP contribution in [0.2, 0.25) is 0 Å². The average molecular weight is 249 g/mol. The van der Waals surface area contributed by atoms with E-state index >= 15 is 0 Å². The van der Waals surface area contributed by atoms with E-state index < -0.39 is 0 Å². The third-order valence-electron chi connectivity index (χ3n) is 2.83. The van der Waals surface area contributed by atoms with Crippen LogP contribution in [0.25, 0.3) is 0 Å². The second kappa shape index (κ2) is 5.76. The predicted molar refractivity (Wildman–Crippen MR) is 68.8 cm³/mol. The summed E-state index contributed by atoms with van der Waals surface area (Å²) in [6.07, 6.45) is 0.482. The molecule has 4 nitrogen and oxygen atoms in total. The zero-order valence-electron chi connectivity index (χ0n) is 10.8. The number of nitrogens with one attached hydrogen (secondary N) is 1. The first kappa shape index (κ1) is 12.7. The third kappa shape index (κ3) is 3.39. The van der Waals surface area contributed by atoms with Gasteiger partial charge in [-0.1, -0.05) is 18.2 Å². The van der Waals surface area contributed by atoms with Crippen LogP contribution in [0.15, 0.2) is 24.3 Å². The van der Waals surface area contributed by atoms with Crippen molar-refractivity contribution < 1.29 is 14.3 Å². The molecule has 0 bridgehead atoms. The number of carbonyl (C=O) groups is 1. The summed E-state index contributed by atoms with van der Waals surface area (Å²) in [5, 5.41) is 2.77. The monoisotopic (exact) mass is 249 g/mol. The maximum atomic E-state index is 11.4. The lowest BCUT2D eigenvalue weighted by atomic mass is 9.97. The van der Waals surface area contributed by atoms with Gasteiger partial charge in [0.05, 0.1) is 12.7 Å². The van der Waals surface area contributed by atoms with E-state index in [0.29, 0.717) is 19.1 Å². The molecule has 1 heterocycles. The van der Waals surface area contributed by atoms with Gasteiger partial charge in [-0.25, -0.2) is 4.79 Å². The molecule has 0 spiro atoms. The zero-order valence-corrected chi connectivity index (χ0v) is 10.8. The highest BCUT2D eigenvalue weighted by atomic mass is 16.6. The summed E-state index contributed by atoms with van der Waals surface area (Å²) in [6, 6.07) is 8.02. The Balaban J connectivity index is 1.81. The highest BCUT2D eigenvalue weighted by Crippen LogP contribution is 2.26. The molecule has 0 aliphatic carbocycles. The molecule has 2 rings (SSSR count). The van der Waals surface area contributed by atoms with Crippen LogP contribution >= 0.6 is 0 Å².